The molecule has 0 spiro atoms. The van der Waals surface area contributed by atoms with Gasteiger partial charge in [0.15, 0.2) is 9.84 Å². The summed E-state index contributed by atoms with van der Waals surface area (Å²) in [6.07, 6.45) is 1.08. The first-order chi connectivity index (χ1) is 14.3. The van der Waals surface area contributed by atoms with Gasteiger partial charge in [-0.15, -0.1) is 0 Å². The minimum absolute atomic E-state index is 0.0413. The maximum atomic E-state index is 13.2. The predicted molar refractivity (Wildman–Crippen MR) is 119 cm³/mol. The van der Waals surface area contributed by atoms with Gasteiger partial charge in [-0.3, -0.25) is 14.9 Å². The SMILES string of the molecule is O=C(/C(=C\c1ccccc1[N+](=O)[O-])S(=O)(=O)Cc1ccccc1)c1ccc(Br)cc1. The number of benzene rings is 3. The van der Waals surface area contributed by atoms with Gasteiger partial charge in [0, 0.05) is 16.1 Å². The van der Waals surface area contributed by atoms with Crippen molar-refractivity contribution in [2.75, 3.05) is 0 Å². The van der Waals surface area contributed by atoms with Crippen molar-refractivity contribution in [1.29, 1.82) is 0 Å². The molecule has 0 fully saturated rings. The number of Topliss-reactive ketones (excluding diaryl/α,β-unsaturated/α-hetero) is 1. The molecule has 3 aromatic rings. The fourth-order valence-corrected chi connectivity index (χ4v) is 4.59. The van der Waals surface area contributed by atoms with E-state index in [0.717, 1.165) is 10.5 Å². The lowest BCUT2D eigenvalue weighted by Crippen LogP contribution is -2.16. The molecule has 0 N–H and O–H groups in total. The highest BCUT2D eigenvalue weighted by molar-refractivity contribution is 9.10. The zero-order valence-electron chi connectivity index (χ0n) is 15.6. The number of hydrogen-bond donors (Lipinski definition) is 0. The largest absolute Gasteiger partial charge is 0.288 e. The van der Waals surface area contributed by atoms with Gasteiger partial charge in [-0.2, -0.15) is 0 Å². The second-order valence-electron chi connectivity index (χ2n) is 6.41. The van der Waals surface area contributed by atoms with E-state index < -0.39 is 31.2 Å². The van der Waals surface area contributed by atoms with Crippen molar-refractivity contribution in [2.45, 2.75) is 5.75 Å². The zero-order chi connectivity index (χ0) is 21.7. The molecule has 152 valence electrons. The minimum atomic E-state index is -4.10. The van der Waals surface area contributed by atoms with Gasteiger partial charge in [0.1, 0.15) is 4.91 Å². The molecule has 0 aliphatic rings. The number of nitro groups is 1. The van der Waals surface area contributed by atoms with Crippen LogP contribution in [0.2, 0.25) is 0 Å². The van der Waals surface area contributed by atoms with E-state index in [1.165, 1.54) is 30.3 Å². The summed E-state index contributed by atoms with van der Waals surface area (Å²) < 4.78 is 27.1. The number of nitro benzene ring substituents is 1. The Morgan fingerprint density at radius 1 is 0.933 bits per heavy atom. The van der Waals surface area contributed by atoms with E-state index in [4.69, 9.17) is 0 Å². The van der Waals surface area contributed by atoms with E-state index in [0.29, 0.717) is 5.56 Å². The van der Waals surface area contributed by atoms with E-state index >= 15 is 0 Å². The normalized spacial score (nSPS) is 11.8. The number of allylic oxidation sites excluding steroid dienone is 1. The Kier molecular flexibility index (Phi) is 6.59. The summed E-state index contributed by atoms with van der Waals surface area (Å²) in [5.41, 5.74) is 0.433. The van der Waals surface area contributed by atoms with E-state index in [1.54, 1.807) is 48.5 Å². The molecule has 0 bridgehead atoms. The third-order valence-electron chi connectivity index (χ3n) is 4.28. The van der Waals surface area contributed by atoms with Gasteiger partial charge in [-0.05, 0) is 42.0 Å². The molecule has 0 aliphatic heterocycles. The van der Waals surface area contributed by atoms with Crippen molar-refractivity contribution in [3.05, 3.63) is 115 Å². The Morgan fingerprint density at radius 2 is 1.53 bits per heavy atom. The van der Waals surface area contributed by atoms with E-state index in [1.807, 2.05) is 0 Å². The minimum Gasteiger partial charge on any atom is -0.288 e. The predicted octanol–water partition coefficient (Wildman–Crippen LogP) is 5.20. The highest BCUT2D eigenvalue weighted by atomic mass is 79.9. The lowest BCUT2D eigenvalue weighted by atomic mass is 10.1. The first-order valence-corrected chi connectivity index (χ1v) is 11.2. The molecule has 0 radical (unpaired) electrons. The van der Waals surface area contributed by atoms with Crippen LogP contribution in [0.15, 0.2) is 88.2 Å². The Morgan fingerprint density at radius 3 is 2.17 bits per heavy atom. The average Bonchev–Trinajstić information content (AvgIpc) is 2.72. The Bertz CT molecular complexity index is 1220. The van der Waals surface area contributed by atoms with Gasteiger partial charge in [-0.25, -0.2) is 8.42 Å². The molecule has 0 saturated carbocycles. The lowest BCUT2D eigenvalue weighted by Gasteiger charge is -2.10. The Labute approximate surface area is 182 Å². The van der Waals surface area contributed by atoms with Gasteiger partial charge in [0.2, 0.25) is 5.78 Å². The van der Waals surface area contributed by atoms with Gasteiger partial charge >= 0.3 is 0 Å². The molecule has 0 atom stereocenters. The molecule has 0 aliphatic carbocycles. The molecule has 30 heavy (non-hydrogen) atoms. The lowest BCUT2D eigenvalue weighted by molar-refractivity contribution is -0.385. The first kappa shape index (κ1) is 21.6. The highest BCUT2D eigenvalue weighted by Gasteiger charge is 2.27. The maximum absolute atomic E-state index is 13.2. The summed E-state index contributed by atoms with van der Waals surface area (Å²) in [5.74, 6) is -1.13. The van der Waals surface area contributed by atoms with Crippen LogP contribution in [-0.2, 0) is 15.6 Å². The smallest absolute Gasteiger partial charge is 0.276 e. The van der Waals surface area contributed by atoms with Crippen molar-refractivity contribution >= 4 is 43.3 Å². The number of ketones is 1. The fourth-order valence-electron chi connectivity index (χ4n) is 2.83. The van der Waals surface area contributed by atoms with E-state index in [9.17, 15) is 23.3 Å². The Hall–Kier alpha value is -3.10. The molecule has 6 nitrogen and oxygen atoms in total. The van der Waals surface area contributed by atoms with Crippen molar-refractivity contribution in [2.24, 2.45) is 0 Å². The molecule has 3 rings (SSSR count). The van der Waals surface area contributed by atoms with Crippen LogP contribution in [0, 0.1) is 10.1 Å². The second kappa shape index (κ2) is 9.15. The van der Waals surface area contributed by atoms with E-state index in [-0.39, 0.29) is 16.8 Å². The summed E-state index contributed by atoms with van der Waals surface area (Å²) in [7, 11) is -4.10. The van der Waals surface area contributed by atoms with Crippen LogP contribution in [-0.4, -0.2) is 19.1 Å². The summed E-state index contributed by atoms with van der Waals surface area (Å²) in [6.45, 7) is 0. The molecular weight excluding hydrogens is 470 g/mol. The van der Waals surface area contributed by atoms with Gasteiger partial charge < -0.3 is 0 Å². The monoisotopic (exact) mass is 485 g/mol. The van der Waals surface area contributed by atoms with Crippen LogP contribution >= 0.6 is 15.9 Å². The van der Waals surface area contributed by atoms with Crippen LogP contribution in [0.1, 0.15) is 21.5 Å². The molecule has 8 heteroatoms. The van der Waals surface area contributed by atoms with Crippen LogP contribution in [0.5, 0.6) is 0 Å². The molecule has 0 amide bonds. The summed E-state index contributed by atoms with van der Waals surface area (Å²) >= 11 is 3.28. The Balaban J connectivity index is 2.15. The summed E-state index contributed by atoms with van der Waals surface area (Å²) in [5, 5.41) is 11.4. The number of carbonyl (C=O) groups is 1. The third kappa shape index (κ3) is 5.08. The summed E-state index contributed by atoms with van der Waals surface area (Å²) in [6, 6.07) is 20.4. The molecule has 0 saturated heterocycles. The number of sulfone groups is 1. The molecule has 0 aromatic heterocycles. The van der Waals surface area contributed by atoms with E-state index in [2.05, 4.69) is 15.9 Å². The molecule has 0 unspecified atom stereocenters. The third-order valence-corrected chi connectivity index (χ3v) is 6.50. The zero-order valence-corrected chi connectivity index (χ0v) is 18.0. The number of carbonyl (C=O) groups excluding carboxylic acids is 1. The number of rotatable bonds is 7. The van der Waals surface area contributed by atoms with Crippen molar-refractivity contribution < 1.29 is 18.1 Å². The van der Waals surface area contributed by atoms with Crippen molar-refractivity contribution in [1.82, 2.24) is 0 Å². The number of para-hydroxylation sites is 1. The number of halogens is 1. The van der Waals surface area contributed by atoms with Gasteiger partial charge in [0.05, 0.1) is 16.2 Å². The average molecular weight is 486 g/mol. The molecule has 3 aromatic carbocycles. The van der Waals surface area contributed by atoms with Crippen LogP contribution in [0.4, 0.5) is 5.69 Å². The molecule has 0 heterocycles. The maximum Gasteiger partial charge on any atom is 0.276 e. The van der Waals surface area contributed by atoms with Crippen molar-refractivity contribution in [3.8, 4) is 0 Å². The van der Waals surface area contributed by atoms with Crippen LogP contribution in [0.25, 0.3) is 6.08 Å². The van der Waals surface area contributed by atoms with Gasteiger partial charge in [0.25, 0.3) is 5.69 Å². The number of nitrogens with zero attached hydrogens (tertiary/aromatic N) is 1. The van der Waals surface area contributed by atoms with Crippen LogP contribution in [0.3, 0.4) is 0 Å². The quantitative estimate of drug-likeness (QED) is 0.198. The number of hydrogen-bond acceptors (Lipinski definition) is 5. The highest BCUT2D eigenvalue weighted by Crippen LogP contribution is 2.27. The second-order valence-corrected chi connectivity index (χ2v) is 9.28. The van der Waals surface area contributed by atoms with Crippen molar-refractivity contribution in [3.63, 3.8) is 0 Å². The topological polar surface area (TPSA) is 94.3 Å². The van der Waals surface area contributed by atoms with Gasteiger partial charge in [-0.1, -0.05) is 58.4 Å². The summed E-state index contributed by atoms with van der Waals surface area (Å²) in [4.78, 5) is 23.4. The first-order valence-electron chi connectivity index (χ1n) is 8.80. The standard InChI is InChI=1S/C22H16BrNO5S/c23-19-12-10-17(11-13-19)22(25)21(14-18-8-4-5-9-20(18)24(26)27)30(28,29)15-16-6-2-1-3-7-16/h1-14H,15H2/b21-14+. The molecular formula is C22H16BrNO5S. The van der Waals surface area contributed by atoms with Crippen LogP contribution < -0.4 is 0 Å². The fraction of sp³-hybridized carbons (Fsp3) is 0.0455.